The number of fused-ring (bicyclic) bond motifs is 5. The van der Waals surface area contributed by atoms with Gasteiger partial charge in [-0.1, -0.05) is 18.2 Å². The number of allylic oxidation sites excluding steroid dienone is 2. The molecule has 0 radical (unpaired) electrons. The Morgan fingerprint density at radius 3 is 2.50 bits per heavy atom. The minimum Gasteiger partial charge on any atom is -0.324 e. The lowest BCUT2D eigenvalue weighted by atomic mass is 9.85. The molecule has 6 nitrogen and oxygen atoms in total. The van der Waals surface area contributed by atoms with Gasteiger partial charge in [-0.3, -0.25) is 19.3 Å². The predicted octanol–water partition coefficient (Wildman–Crippen LogP) is 1.30. The van der Waals surface area contributed by atoms with E-state index in [-0.39, 0.29) is 42.0 Å². The second kappa shape index (κ2) is 5.31. The largest absolute Gasteiger partial charge is 0.324 e. The van der Waals surface area contributed by atoms with Crippen LogP contribution in [0, 0.1) is 35.0 Å². The molecule has 2 bridgehead atoms. The van der Waals surface area contributed by atoms with E-state index in [1.54, 1.807) is 24.3 Å². The highest BCUT2D eigenvalue weighted by Crippen LogP contribution is 2.52. The van der Waals surface area contributed by atoms with Gasteiger partial charge >= 0.3 is 0 Å². The Kier molecular flexibility index (Phi) is 3.24. The molecule has 1 aromatic rings. The number of hydrogen-bond donors (Lipinski definition) is 1. The summed E-state index contributed by atoms with van der Waals surface area (Å²) < 4.78 is 0. The number of anilines is 1. The Morgan fingerprint density at radius 2 is 1.88 bits per heavy atom. The number of carbonyl (C=O) groups is 3. The molecule has 6 heteroatoms. The van der Waals surface area contributed by atoms with Crippen LogP contribution in [-0.2, 0) is 14.4 Å². The Labute approximate surface area is 138 Å². The third-order valence-corrected chi connectivity index (χ3v) is 5.14. The quantitative estimate of drug-likeness (QED) is 0.671. The van der Waals surface area contributed by atoms with E-state index in [0.717, 1.165) is 11.3 Å². The number of amides is 3. The van der Waals surface area contributed by atoms with Gasteiger partial charge in [0.05, 0.1) is 23.5 Å². The predicted molar refractivity (Wildman–Crippen MR) is 84.2 cm³/mol. The Bertz CT molecular complexity index is 793. The summed E-state index contributed by atoms with van der Waals surface area (Å²) >= 11 is 0. The summed E-state index contributed by atoms with van der Waals surface area (Å²) in [5.74, 6) is -1.21. The lowest BCUT2D eigenvalue weighted by Gasteiger charge is -2.16. The number of benzene rings is 1. The van der Waals surface area contributed by atoms with Crippen molar-refractivity contribution in [3.63, 3.8) is 0 Å². The topological polar surface area (TPSA) is 90.3 Å². The highest BCUT2D eigenvalue weighted by Gasteiger charge is 2.59. The maximum Gasteiger partial charge on any atom is 0.244 e. The fourth-order valence-electron chi connectivity index (χ4n) is 4.13. The highest BCUT2D eigenvalue weighted by atomic mass is 16.2. The maximum atomic E-state index is 12.5. The minimum atomic E-state index is -0.438. The van der Waals surface area contributed by atoms with Crippen LogP contribution in [0.1, 0.15) is 12.0 Å². The van der Waals surface area contributed by atoms with Crippen LogP contribution in [-0.4, -0.2) is 29.2 Å². The van der Waals surface area contributed by atoms with Gasteiger partial charge in [0.25, 0.3) is 0 Å². The molecule has 2 aliphatic carbocycles. The lowest BCUT2D eigenvalue weighted by Crippen LogP contribution is -2.39. The lowest BCUT2D eigenvalue weighted by molar-refractivity contribution is -0.143. The van der Waals surface area contributed by atoms with Crippen molar-refractivity contribution in [3.8, 4) is 6.07 Å². The molecule has 1 saturated carbocycles. The SMILES string of the molecule is N#Cc1cccc(NC(=O)CN2C(=O)[C@H]3[C@H](C2=O)[C@H]2C=C[C@H]3C2)c1. The van der Waals surface area contributed by atoms with Crippen molar-refractivity contribution >= 4 is 23.4 Å². The van der Waals surface area contributed by atoms with Crippen LogP contribution in [0.4, 0.5) is 5.69 Å². The fraction of sp³-hybridized carbons (Fsp3) is 0.333. The summed E-state index contributed by atoms with van der Waals surface area (Å²) in [5.41, 5.74) is 0.901. The van der Waals surface area contributed by atoms with Gasteiger partial charge in [0.15, 0.2) is 0 Å². The number of carbonyl (C=O) groups excluding carboxylic acids is 3. The van der Waals surface area contributed by atoms with Crippen LogP contribution in [0.2, 0.25) is 0 Å². The minimum absolute atomic E-state index is 0.136. The van der Waals surface area contributed by atoms with Crippen LogP contribution in [0.25, 0.3) is 0 Å². The summed E-state index contributed by atoms with van der Waals surface area (Å²) in [5, 5.41) is 11.5. The third-order valence-electron chi connectivity index (χ3n) is 5.14. The zero-order valence-electron chi connectivity index (χ0n) is 12.8. The van der Waals surface area contributed by atoms with Crippen LogP contribution < -0.4 is 5.32 Å². The Balaban J connectivity index is 1.46. The first-order chi connectivity index (χ1) is 11.6. The number of imide groups is 1. The number of rotatable bonds is 3. The van der Waals surface area contributed by atoms with Gasteiger partial charge in [0.2, 0.25) is 17.7 Å². The summed E-state index contributed by atoms with van der Waals surface area (Å²) in [6, 6.07) is 8.49. The van der Waals surface area contributed by atoms with Gasteiger partial charge in [-0.25, -0.2) is 0 Å². The van der Waals surface area contributed by atoms with Crippen molar-refractivity contribution in [1.82, 2.24) is 4.90 Å². The average Bonchev–Trinajstić information content (AvgIpc) is 3.25. The summed E-state index contributed by atoms with van der Waals surface area (Å²) in [4.78, 5) is 38.3. The first-order valence-electron chi connectivity index (χ1n) is 7.92. The van der Waals surface area contributed by atoms with Crippen LogP contribution in [0.5, 0.6) is 0 Å². The van der Waals surface area contributed by atoms with Crippen molar-refractivity contribution in [2.75, 3.05) is 11.9 Å². The molecule has 0 unspecified atom stereocenters. The molecule has 2 fully saturated rings. The van der Waals surface area contributed by atoms with E-state index in [9.17, 15) is 14.4 Å². The third kappa shape index (κ3) is 2.13. The molecule has 3 aliphatic rings. The Morgan fingerprint density at radius 1 is 1.21 bits per heavy atom. The second-order valence-electron chi connectivity index (χ2n) is 6.50. The number of nitriles is 1. The zero-order valence-corrected chi connectivity index (χ0v) is 12.8. The number of hydrogen-bond acceptors (Lipinski definition) is 4. The molecule has 0 aromatic heterocycles. The molecular formula is C18H15N3O3. The van der Waals surface area contributed by atoms with E-state index in [1.165, 1.54) is 0 Å². The van der Waals surface area contributed by atoms with Crippen molar-refractivity contribution < 1.29 is 14.4 Å². The van der Waals surface area contributed by atoms with E-state index in [4.69, 9.17) is 5.26 Å². The molecule has 1 saturated heterocycles. The van der Waals surface area contributed by atoms with Gasteiger partial charge in [0.1, 0.15) is 6.54 Å². The van der Waals surface area contributed by atoms with Crippen molar-refractivity contribution in [2.24, 2.45) is 23.7 Å². The molecule has 0 spiro atoms. The molecular weight excluding hydrogens is 306 g/mol. The van der Waals surface area contributed by atoms with Crippen molar-refractivity contribution in [2.45, 2.75) is 6.42 Å². The average molecular weight is 321 g/mol. The van der Waals surface area contributed by atoms with Crippen LogP contribution >= 0.6 is 0 Å². The normalized spacial score (nSPS) is 29.7. The van der Waals surface area contributed by atoms with E-state index >= 15 is 0 Å². The summed E-state index contributed by atoms with van der Waals surface area (Å²) in [7, 11) is 0. The number of nitrogens with one attached hydrogen (secondary N) is 1. The van der Waals surface area contributed by atoms with E-state index in [0.29, 0.717) is 11.3 Å². The molecule has 24 heavy (non-hydrogen) atoms. The standard InChI is InChI=1S/C18H15N3O3/c19-8-10-2-1-3-13(6-10)20-14(22)9-21-17(23)15-11-4-5-12(7-11)16(15)18(21)24/h1-6,11-12,15-16H,7,9H2,(H,20,22)/t11-,12-,15+,16+/m0/s1. The van der Waals surface area contributed by atoms with Crippen molar-refractivity contribution in [1.29, 1.82) is 5.26 Å². The van der Waals surface area contributed by atoms with E-state index in [1.807, 2.05) is 18.2 Å². The van der Waals surface area contributed by atoms with Gasteiger partial charge < -0.3 is 5.32 Å². The van der Waals surface area contributed by atoms with Gasteiger partial charge in [-0.05, 0) is 36.5 Å². The molecule has 1 aromatic carbocycles. The monoisotopic (exact) mass is 321 g/mol. The molecule has 1 heterocycles. The zero-order chi connectivity index (χ0) is 16.8. The van der Waals surface area contributed by atoms with Gasteiger partial charge in [-0.15, -0.1) is 0 Å². The molecule has 1 aliphatic heterocycles. The van der Waals surface area contributed by atoms with Crippen molar-refractivity contribution in [3.05, 3.63) is 42.0 Å². The maximum absolute atomic E-state index is 12.5. The number of nitrogens with zero attached hydrogens (tertiary/aromatic N) is 2. The van der Waals surface area contributed by atoms with E-state index in [2.05, 4.69) is 5.32 Å². The molecule has 4 rings (SSSR count). The highest BCUT2D eigenvalue weighted by molar-refractivity contribution is 6.09. The first-order valence-corrected chi connectivity index (χ1v) is 7.92. The summed E-state index contributed by atoms with van der Waals surface area (Å²) in [6.07, 6.45) is 4.91. The van der Waals surface area contributed by atoms with E-state index < -0.39 is 5.91 Å². The fourth-order valence-corrected chi connectivity index (χ4v) is 4.13. The molecule has 1 N–H and O–H groups in total. The summed E-state index contributed by atoms with van der Waals surface area (Å²) in [6.45, 7) is -0.277. The molecule has 4 atom stereocenters. The number of likely N-dealkylation sites (tertiary alicyclic amines) is 1. The Hall–Kier alpha value is -2.94. The first kappa shape index (κ1) is 14.6. The van der Waals surface area contributed by atoms with Gasteiger partial charge in [0, 0.05) is 5.69 Å². The molecule has 3 amide bonds. The van der Waals surface area contributed by atoms with Crippen LogP contribution in [0.3, 0.4) is 0 Å². The molecule has 120 valence electrons. The smallest absolute Gasteiger partial charge is 0.244 e. The second-order valence-corrected chi connectivity index (χ2v) is 6.50. The van der Waals surface area contributed by atoms with Crippen LogP contribution in [0.15, 0.2) is 36.4 Å². The van der Waals surface area contributed by atoms with Gasteiger partial charge in [-0.2, -0.15) is 5.26 Å².